The van der Waals surface area contributed by atoms with Gasteiger partial charge >= 0.3 is 0 Å². The number of hydrogen-bond donors (Lipinski definition) is 3. The van der Waals surface area contributed by atoms with Crippen molar-refractivity contribution in [3.63, 3.8) is 0 Å². The van der Waals surface area contributed by atoms with Crippen LogP contribution in [0, 0.1) is 5.82 Å². The Hall–Kier alpha value is -2.51. The van der Waals surface area contributed by atoms with Crippen molar-refractivity contribution < 1.29 is 13.9 Å². The average molecular weight is 492 g/mol. The minimum Gasteiger partial charge on any atom is -0.494 e. The fraction of sp³-hybridized carbons (Fsp3) is 0.652. The molecule has 2 fully saturated rings. The van der Waals surface area contributed by atoms with Crippen LogP contribution in [0.5, 0.6) is 5.75 Å². The van der Waals surface area contributed by atoms with Crippen LogP contribution in [0.25, 0.3) is 0 Å². The van der Waals surface area contributed by atoms with Gasteiger partial charge in [0.15, 0.2) is 11.6 Å². The third kappa shape index (κ3) is 4.81. The molecule has 0 spiro atoms. The number of benzene rings is 1. The van der Waals surface area contributed by atoms with Crippen LogP contribution in [0.15, 0.2) is 23.2 Å². The second-order valence-electron chi connectivity index (χ2n) is 9.33. The Morgan fingerprint density at radius 2 is 1.97 bits per heavy atom. The average Bonchev–Trinajstić information content (AvgIpc) is 3.29. The van der Waals surface area contributed by atoms with E-state index in [1.165, 1.54) is 19.2 Å². The van der Waals surface area contributed by atoms with E-state index in [2.05, 4.69) is 11.8 Å². The van der Waals surface area contributed by atoms with E-state index in [4.69, 9.17) is 26.9 Å². The number of nitrogens with zero attached hydrogens (tertiary/aromatic N) is 6. The predicted molar refractivity (Wildman–Crippen MR) is 133 cm³/mol. The second kappa shape index (κ2) is 10.2. The summed E-state index contributed by atoms with van der Waals surface area (Å²) in [5, 5.41) is 0. The maximum Gasteiger partial charge on any atom is 0.231 e. The summed E-state index contributed by atoms with van der Waals surface area (Å²) in [4.78, 5) is 26.4. The highest BCUT2D eigenvalue weighted by atomic mass is 19.1. The van der Waals surface area contributed by atoms with Crippen molar-refractivity contribution in [2.45, 2.75) is 44.9 Å². The molecule has 1 aromatic carbocycles. The maximum atomic E-state index is 14.6. The normalized spacial score (nSPS) is 28.9. The summed E-state index contributed by atoms with van der Waals surface area (Å²) in [5.74, 6) is -1.54. The van der Waals surface area contributed by atoms with Crippen LogP contribution in [0.2, 0.25) is 0 Å². The number of carbonyl (C=O) groups excluding carboxylic acids is 1. The summed E-state index contributed by atoms with van der Waals surface area (Å²) in [6, 6.07) is 4.83. The molecule has 0 bridgehead atoms. The fourth-order valence-corrected chi connectivity index (χ4v) is 5.44. The SMILES string of the molecule is CCN1CCCC1CN1C(N)N(c2ccc(OC)c(F)c2)C(N)=NC1(N)N1CCN(C(C)=O)CC1. The number of halogens is 1. The van der Waals surface area contributed by atoms with Gasteiger partial charge in [0.05, 0.1) is 7.11 Å². The molecule has 11 nitrogen and oxygen atoms in total. The van der Waals surface area contributed by atoms with Gasteiger partial charge in [-0.05, 0) is 38.1 Å². The molecule has 3 heterocycles. The van der Waals surface area contributed by atoms with Crippen LogP contribution in [-0.2, 0) is 4.79 Å². The van der Waals surface area contributed by atoms with Crippen molar-refractivity contribution in [3.8, 4) is 5.75 Å². The molecule has 0 aromatic heterocycles. The molecule has 1 amide bonds. The smallest absolute Gasteiger partial charge is 0.231 e. The summed E-state index contributed by atoms with van der Waals surface area (Å²) in [5.41, 5.74) is 20.8. The number of ether oxygens (including phenoxy) is 1. The monoisotopic (exact) mass is 491 g/mol. The van der Waals surface area contributed by atoms with Crippen LogP contribution in [-0.4, -0.2) is 103 Å². The van der Waals surface area contributed by atoms with Crippen molar-refractivity contribution in [2.24, 2.45) is 22.2 Å². The zero-order chi connectivity index (χ0) is 25.3. The molecule has 0 saturated carbocycles. The van der Waals surface area contributed by atoms with E-state index in [-0.39, 0.29) is 23.7 Å². The van der Waals surface area contributed by atoms with Gasteiger partial charge < -0.3 is 15.4 Å². The van der Waals surface area contributed by atoms with Gasteiger partial charge in [0.1, 0.15) is 6.29 Å². The number of anilines is 1. The van der Waals surface area contributed by atoms with Crippen molar-refractivity contribution in [1.29, 1.82) is 0 Å². The molecule has 6 N–H and O–H groups in total. The number of amides is 1. The first-order valence-electron chi connectivity index (χ1n) is 12.2. The van der Waals surface area contributed by atoms with Gasteiger partial charge in [-0.15, -0.1) is 0 Å². The standard InChI is InChI=1S/C23H38FN9O2/c1-4-29-9-5-6-18(29)15-32-22(26)33(17-7-8-20(35-3)19(24)14-17)21(25)28-23(32,27)31-12-10-30(11-13-31)16(2)34/h7-8,14,18,22H,4-6,9-13,15,26-27H2,1-3H3,(H2,25,28). The van der Waals surface area contributed by atoms with E-state index in [0.29, 0.717) is 38.4 Å². The number of hydrogen-bond acceptors (Lipinski definition) is 10. The van der Waals surface area contributed by atoms with Crippen LogP contribution in [0.4, 0.5) is 10.1 Å². The molecule has 0 radical (unpaired) electrons. The molecule has 4 rings (SSSR count). The van der Waals surface area contributed by atoms with E-state index < -0.39 is 18.0 Å². The minimum atomic E-state index is -1.30. The molecule has 2 saturated heterocycles. The van der Waals surface area contributed by atoms with Gasteiger partial charge in [0.25, 0.3) is 0 Å². The van der Waals surface area contributed by atoms with Gasteiger partial charge in [-0.2, -0.15) is 4.99 Å². The maximum absolute atomic E-state index is 14.6. The van der Waals surface area contributed by atoms with E-state index in [1.54, 1.807) is 22.8 Å². The number of likely N-dealkylation sites (N-methyl/N-ethyl adjacent to an activating group) is 1. The molecule has 3 aliphatic heterocycles. The minimum absolute atomic E-state index is 0.0354. The number of guanidine groups is 1. The predicted octanol–water partition coefficient (Wildman–Crippen LogP) is -0.268. The Balaban J connectivity index is 1.69. The quantitative estimate of drug-likeness (QED) is 0.492. The van der Waals surface area contributed by atoms with Crippen molar-refractivity contribution in [3.05, 3.63) is 24.0 Å². The number of nitrogens with two attached hydrogens (primary N) is 3. The van der Waals surface area contributed by atoms with Gasteiger partial charge in [-0.3, -0.25) is 31.0 Å². The first-order chi connectivity index (χ1) is 16.7. The van der Waals surface area contributed by atoms with Gasteiger partial charge in [0, 0.05) is 57.4 Å². The molecular weight excluding hydrogens is 453 g/mol. The highest BCUT2D eigenvalue weighted by Crippen LogP contribution is 2.32. The number of likely N-dealkylation sites (tertiary alicyclic amines) is 1. The van der Waals surface area contributed by atoms with Crippen molar-refractivity contribution >= 4 is 17.6 Å². The van der Waals surface area contributed by atoms with Crippen LogP contribution < -0.4 is 26.8 Å². The first-order valence-corrected chi connectivity index (χ1v) is 12.2. The van der Waals surface area contributed by atoms with Gasteiger partial charge in [-0.1, -0.05) is 6.92 Å². The van der Waals surface area contributed by atoms with Gasteiger partial charge in [0.2, 0.25) is 17.8 Å². The molecule has 1 aromatic rings. The number of aliphatic imine (C=N–C) groups is 1. The van der Waals surface area contributed by atoms with Crippen LogP contribution in [0.1, 0.15) is 26.7 Å². The lowest BCUT2D eigenvalue weighted by Crippen LogP contribution is -2.79. The summed E-state index contributed by atoms with van der Waals surface area (Å²) < 4.78 is 19.6. The summed E-state index contributed by atoms with van der Waals surface area (Å²) >= 11 is 0. The van der Waals surface area contributed by atoms with E-state index in [9.17, 15) is 9.18 Å². The highest BCUT2D eigenvalue weighted by molar-refractivity contribution is 5.96. The first kappa shape index (κ1) is 25.6. The molecule has 3 aliphatic rings. The second-order valence-corrected chi connectivity index (χ2v) is 9.33. The topological polar surface area (TPSA) is 133 Å². The molecule has 3 atom stereocenters. The lowest BCUT2D eigenvalue weighted by molar-refractivity contribution is -0.137. The third-order valence-electron chi connectivity index (χ3n) is 7.45. The molecule has 0 aliphatic carbocycles. The lowest BCUT2D eigenvalue weighted by Gasteiger charge is -2.55. The molecule has 12 heteroatoms. The van der Waals surface area contributed by atoms with E-state index >= 15 is 0 Å². The van der Waals surface area contributed by atoms with E-state index in [1.807, 2.05) is 9.80 Å². The zero-order valence-corrected chi connectivity index (χ0v) is 20.9. The lowest BCUT2D eigenvalue weighted by atomic mass is 10.1. The largest absolute Gasteiger partial charge is 0.494 e. The van der Waals surface area contributed by atoms with Crippen LogP contribution in [0.3, 0.4) is 0 Å². The summed E-state index contributed by atoms with van der Waals surface area (Å²) in [7, 11) is 1.41. The highest BCUT2D eigenvalue weighted by Gasteiger charge is 2.50. The number of rotatable bonds is 6. The Bertz CT molecular complexity index is 955. The molecule has 3 unspecified atom stereocenters. The zero-order valence-electron chi connectivity index (χ0n) is 20.9. The third-order valence-corrected chi connectivity index (χ3v) is 7.45. The Labute approximate surface area is 206 Å². The molecular formula is C23H38FN9O2. The summed E-state index contributed by atoms with van der Waals surface area (Å²) in [6.45, 7) is 8.41. The van der Waals surface area contributed by atoms with Crippen molar-refractivity contribution in [1.82, 2.24) is 19.6 Å². The molecule has 35 heavy (non-hydrogen) atoms. The number of methoxy groups -OCH3 is 1. The van der Waals surface area contributed by atoms with Gasteiger partial charge in [-0.25, -0.2) is 9.29 Å². The number of piperazine rings is 1. The van der Waals surface area contributed by atoms with Crippen LogP contribution >= 0.6 is 0 Å². The number of carbonyl (C=O) groups is 1. The Kier molecular flexibility index (Phi) is 7.48. The summed E-state index contributed by atoms with van der Waals surface area (Å²) in [6.07, 6.45) is 1.35. The Morgan fingerprint density at radius 3 is 2.57 bits per heavy atom. The van der Waals surface area contributed by atoms with Crippen molar-refractivity contribution in [2.75, 3.05) is 57.8 Å². The molecule has 194 valence electrons. The Morgan fingerprint density at radius 1 is 1.26 bits per heavy atom. The van der Waals surface area contributed by atoms with E-state index in [0.717, 1.165) is 25.9 Å². The fourth-order valence-electron chi connectivity index (χ4n) is 5.44.